The highest BCUT2D eigenvalue weighted by Crippen LogP contribution is 2.70. The molecule has 0 unspecified atom stereocenters. The Balaban J connectivity index is 1.99. The van der Waals surface area contributed by atoms with Gasteiger partial charge in [0, 0.05) is 29.6 Å². The second-order valence-corrected chi connectivity index (χ2v) is 11.4. The lowest BCUT2D eigenvalue weighted by molar-refractivity contribution is -0.234. The predicted molar refractivity (Wildman–Crippen MR) is 105 cm³/mol. The Labute approximate surface area is 176 Å². The number of carbonyl (C=O) groups excluding carboxylic acids is 1. The third kappa shape index (κ3) is 2.35. The van der Waals surface area contributed by atoms with Crippen LogP contribution >= 0.6 is 0 Å². The Morgan fingerprint density at radius 2 is 1.53 bits per heavy atom. The lowest BCUT2D eigenvalue weighted by Crippen LogP contribution is -2.64. The number of carbonyl (C=O) groups is 1. The van der Waals surface area contributed by atoms with Crippen LogP contribution in [0.25, 0.3) is 0 Å². The maximum Gasteiger partial charge on any atom is 0.303 e. The first-order valence-corrected chi connectivity index (χ1v) is 10.9. The summed E-state index contributed by atoms with van der Waals surface area (Å²) in [6.45, 7) is 7.63. The van der Waals surface area contributed by atoms with Crippen molar-refractivity contribution in [2.75, 3.05) is 0 Å². The third-order valence-corrected chi connectivity index (χ3v) is 9.64. The molecule has 0 saturated heterocycles. The van der Waals surface area contributed by atoms with Crippen molar-refractivity contribution in [3.8, 4) is 0 Å². The van der Waals surface area contributed by atoms with Gasteiger partial charge in [0.25, 0.3) is 0 Å². The lowest BCUT2D eigenvalue weighted by atomic mass is 9.56. The monoisotopic (exact) mass is 428 g/mol. The summed E-state index contributed by atoms with van der Waals surface area (Å²) in [7, 11) is 0. The van der Waals surface area contributed by atoms with Gasteiger partial charge in [0.15, 0.2) is 6.10 Å². The predicted octanol–water partition coefficient (Wildman–Crippen LogP) is -0.290. The maximum absolute atomic E-state index is 12.1. The molecule has 4 aliphatic carbocycles. The first-order chi connectivity index (χ1) is 13.6. The van der Waals surface area contributed by atoms with E-state index in [-0.39, 0.29) is 12.8 Å². The van der Waals surface area contributed by atoms with Crippen LogP contribution in [0.1, 0.15) is 60.3 Å². The number of aliphatic hydroxyl groups excluding tert-OH is 3. The maximum atomic E-state index is 12.1. The number of aliphatic hydroxyl groups is 6. The van der Waals surface area contributed by atoms with E-state index in [9.17, 15) is 35.4 Å². The minimum absolute atomic E-state index is 0.0113. The molecule has 4 fully saturated rings. The van der Waals surface area contributed by atoms with Gasteiger partial charge in [0.1, 0.15) is 11.7 Å². The Morgan fingerprint density at radius 1 is 0.933 bits per heavy atom. The highest BCUT2D eigenvalue weighted by Gasteiger charge is 2.79. The van der Waals surface area contributed by atoms with Gasteiger partial charge in [-0.15, -0.1) is 0 Å². The molecule has 4 saturated carbocycles. The highest BCUT2D eigenvalue weighted by atomic mass is 16.6. The van der Waals surface area contributed by atoms with Gasteiger partial charge >= 0.3 is 5.97 Å². The minimum atomic E-state index is -1.95. The third-order valence-electron chi connectivity index (χ3n) is 9.64. The molecule has 11 atom stereocenters. The van der Waals surface area contributed by atoms with Crippen LogP contribution in [0, 0.1) is 28.6 Å². The molecule has 8 heteroatoms. The van der Waals surface area contributed by atoms with Crippen LogP contribution in [0.5, 0.6) is 0 Å². The number of rotatable bonds is 1. The molecule has 0 radical (unpaired) electrons. The zero-order valence-corrected chi connectivity index (χ0v) is 18.4. The Hall–Kier alpha value is -0.770. The molecule has 0 aliphatic heterocycles. The summed E-state index contributed by atoms with van der Waals surface area (Å²) in [6, 6.07) is 0. The molecule has 2 bridgehead atoms. The van der Waals surface area contributed by atoms with E-state index in [0.717, 1.165) is 0 Å². The van der Waals surface area contributed by atoms with Crippen molar-refractivity contribution in [2.24, 2.45) is 28.6 Å². The van der Waals surface area contributed by atoms with Gasteiger partial charge in [-0.25, -0.2) is 0 Å². The molecule has 0 aromatic carbocycles. The van der Waals surface area contributed by atoms with Crippen molar-refractivity contribution in [1.82, 2.24) is 0 Å². The molecule has 30 heavy (non-hydrogen) atoms. The summed E-state index contributed by atoms with van der Waals surface area (Å²) in [6.07, 6.45) is -4.19. The fourth-order valence-electron chi connectivity index (χ4n) is 8.07. The Bertz CT molecular complexity index is 747. The molecule has 0 aromatic heterocycles. The first kappa shape index (κ1) is 22.4. The zero-order chi connectivity index (χ0) is 22.7. The summed E-state index contributed by atoms with van der Waals surface area (Å²) in [5.41, 5.74) is -7.39. The van der Waals surface area contributed by atoms with E-state index in [1.54, 1.807) is 27.7 Å². The van der Waals surface area contributed by atoms with Crippen molar-refractivity contribution in [1.29, 1.82) is 0 Å². The lowest BCUT2D eigenvalue weighted by Gasteiger charge is -2.52. The van der Waals surface area contributed by atoms with E-state index < -0.39 is 75.8 Å². The number of hydrogen-bond acceptors (Lipinski definition) is 8. The largest absolute Gasteiger partial charge is 0.457 e. The minimum Gasteiger partial charge on any atom is -0.457 e. The Kier molecular flexibility index (Phi) is 4.61. The van der Waals surface area contributed by atoms with Gasteiger partial charge in [-0.2, -0.15) is 0 Å². The number of hydrogen-bond donors (Lipinski definition) is 6. The topological polar surface area (TPSA) is 148 Å². The van der Waals surface area contributed by atoms with Gasteiger partial charge in [-0.05, 0) is 45.4 Å². The van der Waals surface area contributed by atoms with E-state index in [1.807, 2.05) is 0 Å². The fraction of sp³-hybridized carbons (Fsp3) is 0.955. The van der Waals surface area contributed by atoms with Crippen LogP contribution in [0.2, 0.25) is 0 Å². The average Bonchev–Trinajstić information content (AvgIpc) is 2.84. The molecular weight excluding hydrogens is 392 g/mol. The molecule has 0 amide bonds. The summed E-state index contributed by atoms with van der Waals surface area (Å²) in [5, 5.41) is 68.9. The summed E-state index contributed by atoms with van der Waals surface area (Å²) in [4.78, 5) is 12.0. The second-order valence-electron chi connectivity index (χ2n) is 11.4. The SMILES string of the molecule is CC(=O)O[C@@H]1[C@@H](O)[C@]23C[C@@](C)(O)[C@H](CC[C@H]2[C@@](C)(O)[C@@H]2C[C@H](O)C(C)(C)[C@@]12O)[C@H]3O. The van der Waals surface area contributed by atoms with Crippen LogP contribution in [0.4, 0.5) is 0 Å². The Morgan fingerprint density at radius 3 is 2.10 bits per heavy atom. The smallest absolute Gasteiger partial charge is 0.303 e. The van der Waals surface area contributed by atoms with Gasteiger partial charge in [-0.1, -0.05) is 13.8 Å². The van der Waals surface area contributed by atoms with Crippen LogP contribution in [-0.2, 0) is 9.53 Å². The first-order valence-electron chi connectivity index (χ1n) is 10.9. The van der Waals surface area contributed by atoms with Crippen molar-refractivity contribution >= 4 is 5.97 Å². The fourth-order valence-corrected chi connectivity index (χ4v) is 8.07. The number of esters is 1. The normalized spacial score (nSPS) is 59.2. The number of ether oxygens (including phenoxy) is 1. The molecule has 4 aliphatic rings. The van der Waals surface area contributed by atoms with E-state index in [2.05, 4.69) is 0 Å². The van der Waals surface area contributed by atoms with E-state index in [0.29, 0.717) is 12.8 Å². The van der Waals surface area contributed by atoms with Crippen LogP contribution < -0.4 is 0 Å². The van der Waals surface area contributed by atoms with E-state index in [1.165, 1.54) is 6.92 Å². The highest BCUT2D eigenvalue weighted by molar-refractivity contribution is 5.66. The van der Waals surface area contributed by atoms with Gasteiger partial charge < -0.3 is 35.4 Å². The van der Waals surface area contributed by atoms with Gasteiger partial charge in [0.2, 0.25) is 0 Å². The molecule has 4 rings (SSSR count). The van der Waals surface area contributed by atoms with Gasteiger partial charge in [-0.3, -0.25) is 4.79 Å². The average molecular weight is 429 g/mol. The summed E-state index contributed by atoms with van der Waals surface area (Å²) in [5.74, 6) is -2.79. The molecule has 8 nitrogen and oxygen atoms in total. The van der Waals surface area contributed by atoms with Gasteiger partial charge in [0.05, 0.1) is 23.4 Å². The molecule has 172 valence electrons. The summed E-state index contributed by atoms with van der Waals surface area (Å²) >= 11 is 0. The molecule has 1 spiro atoms. The van der Waals surface area contributed by atoms with Crippen molar-refractivity contribution in [3.05, 3.63) is 0 Å². The molecule has 0 aromatic rings. The van der Waals surface area contributed by atoms with Crippen LogP contribution in [0.3, 0.4) is 0 Å². The van der Waals surface area contributed by atoms with Crippen molar-refractivity contribution in [3.63, 3.8) is 0 Å². The second kappa shape index (κ2) is 6.17. The number of fused-ring (bicyclic) bond motifs is 2. The van der Waals surface area contributed by atoms with Crippen LogP contribution in [0.15, 0.2) is 0 Å². The van der Waals surface area contributed by atoms with Crippen LogP contribution in [-0.4, -0.2) is 77.8 Å². The van der Waals surface area contributed by atoms with E-state index >= 15 is 0 Å². The molecule has 6 N–H and O–H groups in total. The summed E-state index contributed by atoms with van der Waals surface area (Å²) < 4.78 is 5.53. The van der Waals surface area contributed by atoms with Crippen molar-refractivity contribution in [2.45, 2.75) is 102 Å². The standard InChI is InChI=1S/C22H36O8/c1-10(23)30-17-16(26)21-9-19(4,27)11(15(21)25)6-7-12(21)20(5,28)13-8-14(24)18(2,3)22(13,17)29/h11-17,24-29H,6-9H2,1-5H3/t11-,12+,13+,14+,15-,16-,17-,19-,20-,21-,22+/m1/s1. The zero-order valence-electron chi connectivity index (χ0n) is 18.4. The van der Waals surface area contributed by atoms with Crippen molar-refractivity contribution < 1.29 is 40.2 Å². The molecular formula is C22H36O8. The van der Waals surface area contributed by atoms with E-state index in [4.69, 9.17) is 4.74 Å². The quantitative estimate of drug-likeness (QED) is 0.312. The molecule has 0 heterocycles.